The number of para-hydroxylation sites is 2. The van der Waals surface area contributed by atoms with Crippen LogP contribution >= 0.6 is 0 Å². The van der Waals surface area contributed by atoms with Crippen LogP contribution in [0, 0.1) is 5.92 Å². The highest BCUT2D eigenvalue weighted by atomic mass is 16.5. The zero-order valence-corrected chi connectivity index (χ0v) is 13.9. The van der Waals surface area contributed by atoms with Crippen LogP contribution in [0.25, 0.3) is 0 Å². The van der Waals surface area contributed by atoms with Gasteiger partial charge in [-0.3, -0.25) is 9.59 Å². The van der Waals surface area contributed by atoms with Crippen molar-refractivity contribution < 1.29 is 19.1 Å². The fraction of sp³-hybridized carbons (Fsp3) is 0.529. The molecule has 0 bridgehead atoms. The van der Waals surface area contributed by atoms with E-state index in [4.69, 9.17) is 9.47 Å². The Morgan fingerprint density at radius 1 is 1.04 bits per heavy atom. The monoisotopic (exact) mass is 320 g/mol. The molecule has 0 atom stereocenters. The SMILES string of the molecule is COc1ccccc1OCC(=O)N1CCN(C(=O)C(C)C)CC1. The number of ether oxygens (including phenoxy) is 2. The minimum absolute atomic E-state index is 0.00821. The molecule has 1 aromatic carbocycles. The molecule has 0 saturated carbocycles. The summed E-state index contributed by atoms with van der Waals surface area (Å²) in [6, 6.07) is 7.23. The Hall–Kier alpha value is -2.24. The van der Waals surface area contributed by atoms with E-state index in [2.05, 4.69) is 0 Å². The van der Waals surface area contributed by atoms with Gasteiger partial charge in [-0.2, -0.15) is 0 Å². The van der Waals surface area contributed by atoms with Crippen molar-refractivity contribution in [2.24, 2.45) is 5.92 Å². The van der Waals surface area contributed by atoms with E-state index in [1.54, 1.807) is 24.1 Å². The molecule has 6 heteroatoms. The maximum absolute atomic E-state index is 12.2. The number of hydrogen-bond donors (Lipinski definition) is 0. The first-order chi connectivity index (χ1) is 11.0. The van der Waals surface area contributed by atoms with Gasteiger partial charge in [-0.05, 0) is 12.1 Å². The molecular weight excluding hydrogens is 296 g/mol. The van der Waals surface area contributed by atoms with E-state index >= 15 is 0 Å². The number of hydrogen-bond acceptors (Lipinski definition) is 4. The summed E-state index contributed by atoms with van der Waals surface area (Å²) in [5.41, 5.74) is 0. The van der Waals surface area contributed by atoms with Crippen molar-refractivity contribution >= 4 is 11.8 Å². The molecule has 23 heavy (non-hydrogen) atoms. The third kappa shape index (κ3) is 4.37. The third-order valence-corrected chi connectivity index (χ3v) is 3.86. The lowest BCUT2D eigenvalue weighted by atomic mass is 10.1. The largest absolute Gasteiger partial charge is 0.493 e. The molecule has 1 heterocycles. The smallest absolute Gasteiger partial charge is 0.260 e. The molecule has 0 radical (unpaired) electrons. The summed E-state index contributed by atoms with van der Waals surface area (Å²) in [7, 11) is 1.56. The standard InChI is InChI=1S/C17H24N2O4/c1-13(2)17(21)19-10-8-18(9-11-19)16(20)12-23-15-7-5-4-6-14(15)22-3/h4-7,13H,8-12H2,1-3H3. The molecule has 0 unspecified atom stereocenters. The molecule has 126 valence electrons. The van der Waals surface area contributed by atoms with E-state index in [-0.39, 0.29) is 24.3 Å². The zero-order chi connectivity index (χ0) is 16.8. The molecular formula is C17H24N2O4. The van der Waals surface area contributed by atoms with Crippen LogP contribution in [0.1, 0.15) is 13.8 Å². The first-order valence-electron chi connectivity index (χ1n) is 7.85. The summed E-state index contributed by atoms with van der Waals surface area (Å²) >= 11 is 0. The molecule has 1 aliphatic rings. The van der Waals surface area contributed by atoms with Gasteiger partial charge < -0.3 is 19.3 Å². The van der Waals surface area contributed by atoms with Gasteiger partial charge in [0.1, 0.15) is 0 Å². The Bertz CT molecular complexity index is 551. The topological polar surface area (TPSA) is 59.1 Å². The lowest BCUT2D eigenvalue weighted by Crippen LogP contribution is -2.52. The lowest BCUT2D eigenvalue weighted by molar-refractivity contribution is -0.142. The molecule has 1 fully saturated rings. The fourth-order valence-corrected chi connectivity index (χ4v) is 2.51. The van der Waals surface area contributed by atoms with Gasteiger partial charge in [0.05, 0.1) is 7.11 Å². The van der Waals surface area contributed by atoms with Crippen molar-refractivity contribution in [1.29, 1.82) is 0 Å². The molecule has 6 nitrogen and oxygen atoms in total. The van der Waals surface area contributed by atoms with Crippen molar-refractivity contribution in [3.05, 3.63) is 24.3 Å². The maximum atomic E-state index is 12.2. The quantitative estimate of drug-likeness (QED) is 0.823. The Balaban J connectivity index is 1.82. The van der Waals surface area contributed by atoms with Gasteiger partial charge in [0, 0.05) is 32.1 Å². The highest BCUT2D eigenvalue weighted by molar-refractivity contribution is 5.80. The number of piperazine rings is 1. The van der Waals surface area contributed by atoms with Crippen LogP contribution in [0.3, 0.4) is 0 Å². The predicted octanol–water partition coefficient (Wildman–Crippen LogP) is 1.40. The van der Waals surface area contributed by atoms with Gasteiger partial charge >= 0.3 is 0 Å². The Kier molecular flexibility index (Phi) is 5.84. The Morgan fingerprint density at radius 3 is 2.17 bits per heavy atom. The van der Waals surface area contributed by atoms with E-state index in [0.29, 0.717) is 37.7 Å². The van der Waals surface area contributed by atoms with Crippen LogP contribution in [0.2, 0.25) is 0 Å². The van der Waals surface area contributed by atoms with Crippen molar-refractivity contribution in [2.45, 2.75) is 13.8 Å². The molecule has 0 aromatic heterocycles. The summed E-state index contributed by atoms with van der Waals surface area (Å²) in [6.07, 6.45) is 0. The molecule has 2 rings (SSSR count). The summed E-state index contributed by atoms with van der Waals surface area (Å²) < 4.78 is 10.8. The predicted molar refractivity (Wildman–Crippen MR) is 86.5 cm³/mol. The van der Waals surface area contributed by atoms with E-state index in [0.717, 1.165) is 0 Å². The van der Waals surface area contributed by atoms with E-state index < -0.39 is 0 Å². The van der Waals surface area contributed by atoms with Crippen molar-refractivity contribution in [3.8, 4) is 11.5 Å². The normalized spacial score (nSPS) is 14.8. The molecule has 0 aliphatic carbocycles. The number of amides is 2. The van der Waals surface area contributed by atoms with Gasteiger partial charge in [0.2, 0.25) is 5.91 Å². The second-order valence-electron chi connectivity index (χ2n) is 5.80. The van der Waals surface area contributed by atoms with Gasteiger partial charge in [-0.15, -0.1) is 0 Å². The molecule has 2 amide bonds. The minimum Gasteiger partial charge on any atom is -0.493 e. The van der Waals surface area contributed by atoms with Crippen LogP contribution in [-0.4, -0.2) is 61.5 Å². The van der Waals surface area contributed by atoms with Crippen LogP contribution in [0.15, 0.2) is 24.3 Å². The van der Waals surface area contributed by atoms with E-state index in [9.17, 15) is 9.59 Å². The van der Waals surface area contributed by atoms with E-state index in [1.807, 2.05) is 30.9 Å². The summed E-state index contributed by atoms with van der Waals surface area (Å²) in [6.45, 7) is 6.01. The molecule has 0 spiro atoms. The van der Waals surface area contributed by atoms with Crippen LogP contribution in [0.4, 0.5) is 0 Å². The zero-order valence-electron chi connectivity index (χ0n) is 13.9. The van der Waals surface area contributed by atoms with Gasteiger partial charge in [-0.25, -0.2) is 0 Å². The van der Waals surface area contributed by atoms with Gasteiger partial charge in [-0.1, -0.05) is 26.0 Å². The van der Waals surface area contributed by atoms with Crippen LogP contribution < -0.4 is 9.47 Å². The summed E-state index contributed by atoms with van der Waals surface area (Å²) in [4.78, 5) is 27.7. The van der Waals surface area contributed by atoms with Gasteiger partial charge in [0.15, 0.2) is 18.1 Å². The molecule has 1 aromatic rings. The first kappa shape index (κ1) is 17.1. The number of methoxy groups -OCH3 is 1. The molecule has 1 aliphatic heterocycles. The number of carbonyl (C=O) groups is 2. The second kappa shape index (κ2) is 7.85. The van der Waals surface area contributed by atoms with Crippen molar-refractivity contribution in [2.75, 3.05) is 39.9 Å². The minimum atomic E-state index is -0.0763. The highest BCUT2D eigenvalue weighted by Gasteiger charge is 2.25. The third-order valence-electron chi connectivity index (χ3n) is 3.86. The summed E-state index contributed by atoms with van der Waals surface area (Å²) in [5, 5.41) is 0. The second-order valence-corrected chi connectivity index (χ2v) is 5.80. The fourth-order valence-electron chi connectivity index (χ4n) is 2.51. The van der Waals surface area contributed by atoms with Crippen LogP contribution in [0.5, 0.6) is 11.5 Å². The first-order valence-corrected chi connectivity index (χ1v) is 7.85. The van der Waals surface area contributed by atoms with Gasteiger partial charge in [0.25, 0.3) is 5.91 Å². The number of carbonyl (C=O) groups excluding carboxylic acids is 2. The van der Waals surface area contributed by atoms with Crippen molar-refractivity contribution in [1.82, 2.24) is 9.80 Å². The average molecular weight is 320 g/mol. The lowest BCUT2D eigenvalue weighted by Gasteiger charge is -2.35. The van der Waals surface area contributed by atoms with Crippen LogP contribution in [-0.2, 0) is 9.59 Å². The maximum Gasteiger partial charge on any atom is 0.260 e. The summed E-state index contributed by atoms with van der Waals surface area (Å²) in [5.74, 6) is 1.21. The highest BCUT2D eigenvalue weighted by Crippen LogP contribution is 2.25. The van der Waals surface area contributed by atoms with Crippen molar-refractivity contribution in [3.63, 3.8) is 0 Å². The number of rotatable bonds is 5. The average Bonchev–Trinajstić information content (AvgIpc) is 2.59. The molecule has 1 saturated heterocycles. The Morgan fingerprint density at radius 2 is 1.61 bits per heavy atom. The number of nitrogens with zero attached hydrogens (tertiary/aromatic N) is 2. The Labute approximate surface area is 137 Å². The number of benzene rings is 1. The van der Waals surface area contributed by atoms with E-state index in [1.165, 1.54) is 0 Å². The molecule has 0 N–H and O–H groups in total.